The van der Waals surface area contributed by atoms with Crippen LogP contribution < -0.4 is 17.0 Å². The van der Waals surface area contributed by atoms with Crippen LogP contribution in [-0.2, 0) is 14.6 Å². The largest absolute Gasteiger partial charge is 1.00 e. The van der Waals surface area contributed by atoms with E-state index >= 15 is 0 Å². The lowest BCUT2D eigenvalue weighted by Crippen LogP contribution is -3.00. The summed E-state index contributed by atoms with van der Waals surface area (Å²) in [7, 11) is -0.210. The predicted octanol–water partition coefficient (Wildman–Crippen LogP) is -0.753. The SMILES string of the molecule is CCCCCCCC[N+](C)(C)CCOS(=O)(=O)O.[Br-]. The fourth-order valence-corrected chi connectivity index (χ4v) is 2.11. The second-order valence-corrected chi connectivity index (χ2v) is 6.49. The minimum Gasteiger partial charge on any atom is -1.00 e. The number of halogens is 1. The van der Waals surface area contributed by atoms with E-state index in [4.69, 9.17) is 4.55 Å². The molecule has 5 nitrogen and oxygen atoms in total. The molecule has 0 spiro atoms. The van der Waals surface area contributed by atoms with Crippen LogP contribution in [0.4, 0.5) is 0 Å². The Bertz CT molecular complexity index is 307. The second kappa shape index (κ2) is 11.0. The molecule has 0 heterocycles. The smallest absolute Gasteiger partial charge is 0.397 e. The first kappa shape index (κ1) is 21.6. The van der Waals surface area contributed by atoms with Crippen molar-refractivity contribution in [3.63, 3.8) is 0 Å². The molecule has 0 unspecified atom stereocenters. The van der Waals surface area contributed by atoms with Crippen LogP contribution in [0.3, 0.4) is 0 Å². The number of hydrogen-bond acceptors (Lipinski definition) is 3. The molecule has 0 aliphatic carbocycles. The van der Waals surface area contributed by atoms with Gasteiger partial charge in [-0.05, 0) is 12.8 Å². The van der Waals surface area contributed by atoms with Crippen LogP contribution in [0, 0.1) is 0 Å². The molecule has 0 aromatic heterocycles. The van der Waals surface area contributed by atoms with Crippen LogP contribution in [0.5, 0.6) is 0 Å². The highest BCUT2D eigenvalue weighted by molar-refractivity contribution is 7.80. The first-order chi connectivity index (χ1) is 8.27. The number of likely N-dealkylation sites (N-methyl/N-ethyl adjacent to an activating group) is 1. The molecule has 0 bridgehead atoms. The molecule has 1 N–H and O–H groups in total. The van der Waals surface area contributed by atoms with E-state index in [1.165, 1.54) is 32.1 Å². The summed E-state index contributed by atoms with van der Waals surface area (Å²) in [5.41, 5.74) is 0. The number of unbranched alkanes of at least 4 members (excludes halogenated alkanes) is 5. The van der Waals surface area contributed by atoms with Gasteiger partial charge in [-0.25, -0.2) is 4.18 Å². The zero-order valence-electron chi connectivity index (χ0n) is 12.3. The first-order valence-corrected chi connectivity index (χ1v) is 8.07. The highest BCUT2D eigenvalue weighted by Gasteiger charge is 2.16. The summed E-state index contributed by atoms with van der Waals surface area (Å²) in [4.78, 5) is 0. The molecule has 0 fully saturated rings. The average molecular weight is 362 g/mol. The van der Waals surface area contributed by atoms with Crippen molar-refractivity contribution in [1.29, 1.82) is 0 Å². The maximum Gasteiger partial charge on any atom is 0.397 e. The van der Waals surface area contributed by atoms with Gasteiger partial charge in [-0.1, -0.05) is 32.6 Å². The fourth-order valence-electron chi connectivity index (χ4n) is 1.82. The van der Waals surface area contributed by atoms with Gasteiger partial charge in [-0.15, -0.1) is 0 Å². The van der Waals surface area contributed by atoms with Crippen LogP contribution in [-0.4, -0.2) is 51.2 Å². The molecular formula is C12H28BrNO4S. The van der Waals surface area contributed by atoms with Gasteiger partial charge in [0.05, 0.1) is 20.6 Å². The van der Waals surface area contributed by atoms with Crippen molar-refractivity contribution < 1.29 is 38.6 Å². The van der Waals surface area contributed by atoms with E-state index in [1.807, 2.05) is 14.1 Å². The van der Waals surface area contributed by atoms with Gasteiger partial charge in [0.1, 0.15) is 13.2 Å². The standard InChI is InChI=1S/C12H27NO4S.BrH/c1-4-5-6-7-8-9-10-13(2,3)11-12-17-18(14,15)16;/h4-12H2,1-3H3;1H. The van der Waals surface area contributed by atoms with E-state index in [0.29, 0.717) is 11.0 Å². The topological polar surface area (TPSA) is 63.6 Å². The molecule has 118 valence electrons. The van der Waals surface area contributed by atoms with Gasteiger partial charge in [0.15, 0.2) is 0 Å². The van der Waals surface area contributed by atoms with Crippen LogP contribution >= 0.6 is 0 Å². The van der Waals surface area contributed by atoms with Crippen molar-refractivity contribution in [3.8, 4) is 0 Å². The van der Waals surface area contributed by atoms with Gasteiger partial charge < -0.3 is 21.5 Å². The quantitative estimate of drug-likeness (QED) is 0.298. The van der Waals surface area contributed by atoms with E-state index in [-0.39, 0.29) is 23.6 Å². The van der Waals surface area contributed by atoms with Crippen LogP contribution in [0.15, 0.2) is 0 Å². The van der Waals surface area contributed by atoms with E-state index in [2.05, 4.69) is 11.1 Å². The minimum absolute atomic E-state index is 0. The number of hydrogen-bond donors (Lipinski definition) is 1. The Balaban J connectivity index is 0. The first-order valence-electron chi connectivity index (χ1n) is 6.71. The summed E-state index contributed by atoms with van der Waals surface area (Å²) in [6, 6.07) is 0. The Hall–Kier alpha value is 0.310. The van der Waals surface area contributed by atoms with E-state index < -0.39 is 10.4 Å². The molecular weight excluding hydrogens is 334 g/mol. The predicted molar refractivity (Wildman–Crippen MR) is 72.7 cm³/mol. The Morgan fingerprint density at radius 3 is 2.05 bits per heavy atom. The van der Waals surface area contributed by atoms with Crippen LogP contribution in [0.2, 0.25) is 0 Å². The summed E-state index contributed by atoms with van der Waals surface area (Å²) < 4.78 is 34.3. The maximum atomic E-state index is 10.4. The molecule has 0 saturated carbocycles. The zero-order chi connectivity index (χ0) is 14.1. The Labute approximate surface area is 128 Å². The lowest BCUT2D eigenvalue weighted by atomic mass is 10.1. The van der Waals surface area contributed by atoms with Crippen molar-refractivity contribution in [1.82, 2.24) is 0 Å². The van der Waals surface area contributed by atoms with Crippen molar-refractivity contribution in [2.75, 3.05) is 33.8 Å². The Morgan fingerprint density at radius 2 is 1.53 bits per heavy atom. The molecule has 0 amide bonds. The van der Waals surface area contributed by atoms with Crippen LogP contribution in [0.25, 0.3) is 0 Å². The second-order valence-electron chi connectivity index (χ2n) is 5.40. The summed E-state index contributed by atoms with van der Waals surface area (Å²) in [5.74, 6) is 0. The van der Waals surface area contributed by atoms with E-state index in [0.717, 1.165) is 13.0 Å². The normalized spacial score (nSPS) is 12.2. The lowest BCUT2D eigenvalue weighted by Gasteiger charge is -2.29. The van der Waals surface area contributed by atoms with Gasteiger partial charge in [-0.3, -0.25) is 4.55 Å². The molecule has 0 rings (SSSR count). The molecule has 0 atom stereocenters. The Kier molecular flexibility index (Phi) is 12.5. The fraction of sp³-hybridized carbons (Fsp3) is 1.00. The van der Waals surface area contributed by atoms with Gasteiger partial charge in [0.25, 0.3) is 0 Å². The lowest BCUT2D eigenvalue weighted by molar-refractivity contribution is -0.890. The number of nitrogens with zero attached hydrogens (tertiary/aromatic N) is 1. The molecule has 0 aliphatic rings. The van der Waals surface area contributed by atoms with E-state index in [1.54, 1.807) is 0 Å². The molecule has 0 aromatic carbocycles. The molecule has 0 aromatic rings. The van der Waals surface area contributed by atoms with Crippen LogP contribution in [0.1, 0.15) is 45.4 Å². The summed E-state index contributed by atoms with van der Waals surface area (Å²) >= 11 is 0. The van der Waals surface area contributed by atoms with Gasteiger partial charge >= 0.3 is 10.4 Å². The average Bonchev–Trinajstić information content (AvgIpc) is 2.21. The summed E-state index contributed by atoms with van der Waals surface area (Å²) in [6.45, 7) is 3.81. The van der Waals surface area contributed by atoms with Crippen molar-refractivity contribution >= 4 is 10.4 Å². The monoisotopic (exact) mass is 361 g/mol. The molecule has 0 aliphatic heterocycles. The third-order valence-corrected chi connectivity index (χ3v) is 3.51. The van der Waals surface area contributed by atoms with Gasteiger partial charge in [0.2, 0.25) is 0 Å². The minimum atomic E-state index is -4.29. The number of quaternary nitrogens is 1. The van der Waals surface area contributed by atoms with E-state index in [9.17, 15) is 8.42 Å². The van der Waals surface area contributed by atoms with Crippen molar-refractivity contribution in [2.45, 2.75) is 45.4 Å². The maximum absolute atomic E-state index is 10.4. The highest BCUT2D eigenvalue weighted by Crippen LogP contribution is 2.08. The molecule has 7 heteroatoms. The number of rotatable bonds is 11. The van der Waals surface area contributed by atoms with Crippen molar-refractivity contribution in [3.05, 3.63) is 0 Å². The van der Waals surface area contributed by atoms with Crippen molar-refractivity contribution in [2.24, 2.45) is 0 Å². The Morgan fingerprint density at radius 1 is 1.00 bits per heavy atom. The zero-order valence-corrected chi connectivity index (χ0v) is 14.7. The van der Waals surface area contributed by atoms with Gasteiger partial charge in [0, 0.05) is 0 Å². The third-order valence-electron chi connectivity index (χ3n) is 3.05. The third kappa shape index (κ3) is 16.3. The molecule has 0 saturated heterocycles. The van der Waals surface area contributed by atoms with Gasteiger partial charge in [-0.2, -0.15) is 8.42 Å². The summed E-state index contributed by atoms with van der Waals surface area (Å²) in [5, 5.41) is 0. The molecule has 19 heavy (non-hydrogen) atoms. The summed E-state index contributed by atoms with van der Waals surface area (Å²) in [6.07, 6.45) is 7.50. The highest BCUT2D eigenvalue weighted by atomic mass is 79.9. The molecule has 0 radical (unpaired) electrons.